The molecule has 1 amide bonds. The normalized spacial score (nSPS) is 11.8. The molecule has 0 bridgehead atoms. The SMILES string of the molecule is Cc1ccc(S(=O)(=O)N(C)C)cc1NC(=O)Cn1cnc2ccc(Cl)cc2c1=O. The molecule has 0 aliphatic rings. The van der Waals surface area contributed by atoms with E-state index >= 15 is 0 Å². The van der Waals surface area contributed by atoms with Gasteiger partial charge in [-0.15, -0.1) is 0 Å². The molecule has 0 saturated heterocycles. The van der Waals surface area contributed by atoms with E-state index in [2.05, 4.69) is 10.3 Å². The van der Waals surface area contributed by atoms with Crippen LogP contribution in [-0.2, 0) is 21.4 Å². The third-order valence-electron chi connectivity index (χ3n) is 4.36. The predicted molar refractivity (Wildman–Crippen MR) is 112 cm³/mol. The lowest BCUT2D eigenvalue weighted by atomic mass is 10.2. The number of hydrogen-bond donors (Lipinski definition) is 1. The van der Waals surface area contributed by atoms with Crippen molar-refractivity contribution >= 4 is 44.1 Å². The van der Waals surface area contributed by atoms with Gasteiger partial charge in [-0.1, -0.05) is 17.7 Å². The molecular weight excluding hydrogens is 416 g/mol. The van der Waals surface area contributed by atoms with E-state index in [1.807, 2.05) is 0 Å². The van der Waals surface area contributed by atoms with Crippen molar-refractivity contribution in [2.45, 2.75) is 18.4 Å². The topological polar surface area (TPSA) is 101 Å². The monoisotopic (exact) mass is 434 g/mol. The zero-order chi connectivity index (χ0) is 21.3. The summed E-state index contributed by atoms with van der Waals surface area (Å²) >= 11 is 5.94. The molecule has 0 unspecified atom stereocenters. The lowest BCUT2D eigenvalue weighted by Gasteiger charge is -2.14. The molecular formula is C19H19ClN4O4S. The number of anilines is 1. The summed E-state index contributed by atoms with van der Waals surface area (Å²) in [5.74, 6) is -0.488. The number of aryl methyl sites for hydroxylation is 1. The Hall–Kier alpha value is -2.75. The molecule has 0 fully saturated rings. The summed E-state index contributed by atoms with van der Waals surface area (Å²) in [6, 6.07) is 9.23. The molecule has 0 atom stereocenters. The van der Waals surface area contributed by atoms with Crippen LogP contribution in [0.2, 0.25) is 5.02 Å². The summed E-state index contributed by atoms with van der Waals surface area (Å²) in [6.45, 7) is 1.46. The van der Waals surface area contributed by atoms with Crippen molar-refractivity contribution in [1.29, 1.82) is 0 Å². The molecule has 0 saturated carbocycles. The lowest BCUT2D eigenvalue weighted by molar-refractivity contribution is -0.116. The number of aromatic nitrogens is 2. The molecule has 152 valence electrons. The van der Waals surface area contributed by atoms with Gasteiger partial charge in [0.05, 0.1) is 22.1 Å². The number of sulfonamides is 1. The van der Waals surface area contributed by atoms with E-state index in [4.69, 9.17) is 11.6 Å². The summed E-state index contributed by atoms with van der Waals surface area (Å²) in [6.07, 6.45) is 1.29. The number of nitrogens with zero attached hydrogens (tertiary/aromatic N) is 3. The van der Waals surface area contributed by atoms with Gasteiger partial charge in [0, 0.05) is 24.8 Å². The van der Waals surface area contributed by atoms with Crippen LogP contribution in [0.1, 0.15) is 5.56 Å². The van der Waals surface area contributed by atoms with E-state index in [9.17, 15) is 18.0 Å². The van der Waals surface area contributed by atoms with Gasteiger partial charge in [-0.05, 0) is 42.8 Å². The Labute approximate surface area is 172 Å². The zero-order valence-electron chi connectivity index (χ0n) is 16.0. The van der Waals surface area contributed by atoms with Gasteiger partial charge in [0.15, 0.2) is 0 Å². The fraction of sp³-hybridized carbons (Fsp3) is 0.211. The fourth-order valence-corrected chi connectivity index (χ4v) is 3.80. The van der Waals surface area contributed by atoms with Crippen LogP contribution in [0, 0.1) is 6.92 Å². The zero-order valence-corrected chi connectivity index (χ0v) is 17.6. The van der Waals surface area contributed by atoms with Gasteiger partial charge in [0.1, 0.15) is 6.54 Å². The molecule has 29 heavy (non-hydrogen) atoms. The molecule has 2 aromatic carbocycles. The highest BCUT2D eigenvalue weighted by Crippen LogP contribution is 2.22. The van der Waals surface area contributed by atoms with Crippen LogP contribution in [0.5, 0.6) is 0 Å². The van der Waals surface area contributed by atoms with Crippen molar-refractivity contribution in [2.75, 3.05) is 19.4 Å². The Morgan fingerprint density at radius 1 is 1.21 bits per heavy atom. The average Bonchev–Trinajstić information content (AvgIpc) is 2.66. The summed E-state index contributed by atoms with van der Waals surface area (Å²) in [4.78, 5) is 29.3. The fourth-order valence-electron chi connectivity index (χ4n) is 2.70. The third-order valence-corrected chi connectivity index (χ3v) is 6.41. The first kappa shape index (κ1) is 21.0. The molecule has 1 N–H and O–H groups in total. The van der Waals surface area contributed by atoms with E-state index in [0.29, 0.717) is 27.2 Å². The number of carbonyl (C=O) groups excluding carboxylic acids is 1. The van der Waals surface area contributed by atoms with Crippen molar-refractivity contribution < 1.29 is 13.2 Å². The molecule has 1 aromatic heterocycles. The number of nitrogens with one attached hydrogen (secondary N) is 1. The van der Waals surface area contributed by atoms with Crippen LogP contribution in [-0.4, -0.2) is 42.3 Å². The van der Waals surface area contributed by atoms with Crippen molar-refractivity contribution in [3.63, 3.8) is 0 Å². The molecule has 0 radical (unpaired) electrons. The second-order valence-electron chi connectivity index (χ2n) is 6.65. The number of amides is 1. The van der Waals surface area contributed by atoms with Crippen LogP contribution in [0.3, 0.4) is 0 Å². The summed E-state index contributed by atoms with van der Waals surface area (Å²) in [5.41, 5.74) is 1.12. The van der Waals surface area contributed by atoms with Crippen LogP contribution in [0.15, 0.2) is 52.4 Å². The summed E-state index contributed by atoms with van der Waals surface area (Å²) < 4.78 is 26.9. The maximum Gasteiger partial charge on any atom is 0.261 e. The van der Waals surface area contributed by atoms with Gasteiger partial charge in [-0.25, -0.2) is 17.7 Å². The summed E-state index contributed by atoms with van der Waals surface area (Å²) in [5, 5.41) is 3.37. The minimum Gasteiger partial charge on any atom is -0.324 e. The molecule has 0 aliphatic carbocycles. The lowest BCUT2D eigenvalue weighted by Crippen LogP contribution is -2.28. The van der Waals surface area contributed by atoms with E-state index in [-0.39, 0.29) is 11.4 Å². The molecule has 3 aromatic rings. The van der Waals surface area contributed by atoms with E-state index in [1.165, 1.54) is 43.2 Å². The van der Waals surface area contributed by atoms with Gasteiger partial charge < -0.3 is 5.32 Å². The van der Waals surface area contributed by atoms with Crippen molar-refractivity contribution in [3.8, 4) is 0 Å². The maximum atomic E-state index is 12.6. The Kier molecular flexibility index (Phi) is 5.74. The first-order valence-electron chi connectivity index (χ1n) is 8.57. The smallest absolute Gasteiger partial charge is 0.261 e. The first-order chi connectivity index (χ1) is 13.6. The minimum atomic E-state index is -3.64. The highest BCUT2D eigenvalue weighted by Gasteiger charge is 2.19. The molecule has 0 spiro atoms. The van der Waals surface area contributed by atoms with Crippen molar-refractivity contribution in [3.05, 3.63) is 63.7 Å². The quantitative estimate of drug-likeness (QED) is 0.663. The van der Waals surface area contributed by atoms with E-state index in [0.717, 1.165) is 4.31 Å². The number of hydrogen-bond acceptors (Lipinski definition) is 5. The van der Waals surface area contributed by atoms with E-state index < -0.39 is 21.5 Å². The maximum absolute atomic E-state index is 12.6. The number of carbonyl (C=O) groups is 1. The standard InChI is InChI=1S/C19H19ClN4O4S/c1-12-4-6-14(29(27,28)23(2)3)9-17(12)22-18(25)10-24-11-21-16-7-5-13(20)8-15(16)19(24)26/h4-9,11H,10H2,1-3H3,(H,22,25). The second kappa shape index (κ2) is 7.94. The van der Waals surface area contributed by atoms with Gasteiger partial charge in [-0.3, -0.25) is 14.2 Å². The summed E-state index contributed by atoms with van der Waals surface area (Å²) in [7, 11) is -0.783. The molecule has 3 rings (SSSR count). The first-order valence-corrected chi connectivity index (χ1v) is 10.4. The Bertz CT molecular complexity index is 1270. The number of halogens is 1. The van der Waals surface area contributed by atoms with Crippen molar-refractivity contribution in [2.24, 2.45) is 0 Å². The van der Waals surface area contributed by atoms with Gasteiger partial charge in [0.2, 0.25) is 15.9 Å². The minimum absolute atomic E-state index is 0.0579. The van der Waals surface area contributed by atoms with Gasteiger partial charge in [0.25, 0.3) is 5.56 Å². The highest BCUT2D eigenvalue weighted by atomic mass is 35.5. The number of rotatable bonds is 5. The Balaban J connectivity index is 1.87. The second-order valence-corrected chi connectivity index (χ2v) is 9.24. The molecule has 0 aliphatic heterocycles. The number of fused-ring (bicyclic) bond motifs is 1. The third kappa shape index (κ3) is 4.31. The van der Waals surface area contributed by atoms with E-state index in [1.54, 1.807) is 25.1 Å². The largest absolute Gasteiger partial charge is 0.324 e. The predicted octanol–water partition coefficient (Wildman–Crippen LogP) is 2.25. The Morgan fingerprint density at radius 3 is 2.62 bits per heavy atom. The van der Waals surface area contributed by atoms with Crippen molar-refractivity contribution in [1.82, 2.24) is 13.9 Å². The molecule has 1 heterocycles. The van der Waals surface area contributed by atoms with Crippen LogP contribution in [0.25, 0.3) is 10.9 Å². The van der Waals surface area contributed by atoms with Crippen LogP contribution < -0.4 is 10.9 Å². The Morgan fingerprint density at radius 2 is 1.93 bits per heavy atom. The van der Waals surface area contributed by atoms with Crippen LogP contribution >= 0.6 is 11.6 Å². The van der Waals surface area contributed by atoms with Gasteiger partial charge >= 0.3 is 0 Å². The highest BCUT2D eigenvalue weighted by molar-refractivity contribution is 7.89. The molecule has 10 heteroatoms. The van der Waals surface area contributed by atoms with Crippen LogP contribution in [0.4, 0.5) is 5.69 Å². The molecule has 8 nitrogen and oxygen atoms in total. The average molecular weight is 435 g/mol. The van der Waals surface area contributed by atoms with Gasteiger partial charge in [-0.2, -0.15) is 0 Å². The number of benzene rings is 2.